The van der Waals surface area contributed by atoms with Crippen LogP contribution in [0.4, 0.5) is 38.9 Å². The number of hydrogen-bond donors (Lipinski definition) is 2. The van der Waals surface area contributed by atoms with Crippen molar-refractivity contribution < 1.29 is 46.6 Å². The largest absolute Gasteiger partial charge is 0.439 e. The minimum atomic E-state index is -4.81. The average Bonchev–Trinajstić information content (AvgIpc) is 3.38. The van der Waals surface area contributed by atoms with Gasteiger partial charge in [-0.3, -0.25) is 14.5 Å². The number of piperidine rings is 2. The van der Waals surface area contributed by atoms with Gasteiger partial charge in [0.1, 0.15) is 0 Å². The molecule has 0 spiro atoms. The van der Waals surface area contributed by atoms with Gasteiger partial charge in [-0.25, -0.2) is 14.4 Å². The number of benzene rings is 2. The van der Waals surface area contributed by atoms with Crippen LogP contribution in [-0.4, -0.2) is 157 Å². The van der Waals surface area contributed by atoms with Crippen LogP contribution in [0.5, 0.6) is 0 Å². The summed E-state index contributed by atoms with van der Waals surface area (Å²) in [4.78, 5) is 75.6. The second-order valence-corrected chi connectivity index (χ2v) is 16.2. The van der Waals surface area contributed by atoms with Crippen molar-refractivity contribution in [1.82, 2.24) is 29.4 Å². The molecule has 0 aromatic heterocycles. The number of fused-ring (bicyclic) bond motifs is 1. The summed E-state index contributed by atoms with van der Waals surface area (Å²) < 4.78 is 52.8. The Morgan fingerprint density at radius 3 is 2.24 bits per heavy atom. The first-order chi connectivity index (χ1) is 28.0. The number of amides is 6. The van der Waals surface area contributed by atoms with Crippen molar-refractivity contribution in [3.8, 4) is 0 Å². The Balaban J connectivity index is 1.08. The highest BCUT2D eigenvalue weighted by Gasteiger charge is 2.39. The van der Waals surface area contributed by atoms with E-state index in [2.05, 4.69) is 10.2 Å². The van der Waals surface area contributed by atoms with Crippen molar-refractivity contribution in [2.45, 2.75) is 75.9 Å². The van der Waals surface area contributed by atoms with Crippen molar-refractivity contribution >= 4 is 53.0 Å². The second-order valence-electron chi connectivity index (χ2n) is 15.8. The highest BCUT2D eigenvalue weighted by atomic mass is 35.5. The average molecular weight is 849 g/mol. The molecule has 4 aliphatic rings. The molecule has 2 aromatic carbocycles. The number of rotatable bonds is 8. The van der Waals surface area contributed by atoms with E-state index in [0.717, 1.165) is 17.3 Å². The highest BCUT2D eigenvalue weighted by Crippen LogP contribution is 2.38. The maximum Gasteiger partial charge on any atom is 0.418 e. The number of ether oxygens (including phenoxy) is 2. The van der Waals surface area contributed by atoms with Gasteiger partial charge in [0, 0.05) is 96.7 Å². The van der Waals surface area contributed by atoms with Gasteiger partial charge in [-0.05, 0) is 68.4 Å². The van der Waals surface area contributed by atoms with E-state index < -0.39 is 41.6 Å². The molecule has 4 heterocycles. The zero-order chi connectivity index (χ0) is 42.6. The van der Waals surface area contributed by atoms with E-state index in [0.29, 0.717) is 71.4 Å². The van der Waals surface area contributed by atoms with E-state index in [1.54, 1.807) is 28.8 Å². The van der Waals surface area contributed by atoms with Crippen LogP contribution in [0.2, 0.25) is 5.02 Å². The van der Waals surface area contributed by atoms with Gasteiger partial charge in [0.15, 0.2) is 12.7 Å². The molecule has 0 aliphatic carbocycles. The van der Waals surface area contributed by atoms with Crippen LogP contribution in [0, 0.1) is 0 Å². The summed E-state index contributed by atoms with van der Waals surface area (Å²) in [6, 6.07) is 9.40. The molecule has 322 valence electrons. The highest BCUT2D eigenvalue weighted by molar-refractivity contribution is 6.33. The summed E-state index contributed by atoms with van der Waals surface area (Å²) in [5.74, 6) is -0.861. The third-order valence-electron chi connectivity index (χ3n) is 11.7. The van der Waals surface area contributed by atoms with Crippen LogP contribution in [0.3, 0.4) is 0 Å². The zero-order valence-corrected chi connectivity index (χ0v) is 34.3. The SMILES string of the molecule is CC1CN(C(=O)OCC(=O)N(C)C)CCN1C1CCN(C(=O)[C@@H](Cc2cc(Cl)c(N)c(C(F)(F)F)c2)OC(=O)N2CCC(N3CCc4ccccc4NC3=O)CC2)CC1. The Labute approximate surface area is 346 Å². The monoisotopic (exact) mass is 848 g/mol. The number of nitrogen functional groups attached to an aromatic ring is 1. The lowest BCUT2D eigenvalue weighted by Gasteiger charge is -2.46. The molecule has 6 rings (SSSR count). The molecule has 19 heteroatoms. The third kappa shape index (κ3) is 10.4. The van der Waals surface area contributed by atoms with Gasteiger partial charge >= 0.3 is 24.4 Å². The summed E-state index contributed by atoms with van der Waals surface area (Å²) >= 11 is 6.14. The number of nitrogens with one attached hydrogen (secondary N) is 1. The smallest absolute Gasteiger partial charge is 0.418 e. The maximum absolute atomic E-state index is 14.2. The minimum Gasteiger partial charge on any atom is -0.439 e. The van der Waals surface area contributed by atoms with Crippen LogP contribution >= 0.6 is 11.6 Å². The number of para-hydroxylation sites is 1. The van der Waals surface area contributed by atoms with E-state index in [-0.39, 0.29) is 66.8 Å². The predicted octanol–water partition coefficient (Wildman–Crippen LogP) is 4.77. The van der Waals surface area contributed by atoms with E-state index in [4.69, 9.17) is 26.8 Å². The van der Waals surface area contributed by atoms with Crippen LogP contribution in [0.15, 0.2) is 36.4 Å². The third-order valence-corrected chi connectivity index (χ3v) is 12.1. The molecular weight excluding hydrogens is 797 g/mol. The van der Waals surface area contributed by atoms with Gasteiger partial charge < -0.3 is 45.0 Å². The number of anilines is 2. The van der Waals surface area contributed by atoms with Gasteiger partial charge in [0.05, 0.1) is 16.3 Å². The number of halogens is 4. The number of likely N-dealkylation sites (N-methyl/N-ethyl adjacent to an activating group) is 1. The van der Waals surface area contributed by atoms with Gasteiger partial charge in [-0.15, -0.1) is 0 Å². The summed E-state index contributed by atoms with van der Waals surface area (Å²) in [5, 5.41) is 2.64. The first-order valence-electron chi connectivity index (χ1n) is 19.9. The summed E-state index contributed by atoms with van der Waals surface area (Å²) in [6.45, 7) is 4.63. The topological polar surface area (TPSA) is 161 Å². The Morgan fingerprint density at radius 1 is 0.915 bits per heavy atom. The predicted molar refractivity (Wildman–Crippen MR) is 213 cm³/mol. The van der Waals surface area contributed by atoms with Crippen molar-refractivity contribution in [2.24, 2.45) is 0 Å². The number of piperazine rings is 1. The number of nitrogens with zero attached hydrogens (tertiary/aromatic N) is 6. The van der Waals surface area contributed by atoms with Crippen molar-refractivity contribution in [1.29, 1.82) is 0 Å². The number of alkyl halides is 3. The van der Waals surface area contributed by atoms with Gasteiger partial charge in [-0.1, -0.05) is 29.8 Å². The summed E-state index contributed by atoms with van der Waals surface area (Å²) in [5.41, 5.74) is 5.73. The molecule has 59 heavy (non-hydrogen) atoms. The fourth-order valence-electron chi connectivity index (χ4n) is 8.36. The number of urea groups is 1. The van der Waals surface area contributed by atoms with Gasteiger partial charge in [0.25, 0.3) is 11.8 Å². The zero-order valence-electron chi connectivity index (χ0n) is 33.5. The molecule has 3 fully saturated rings. The fraction of sp³-hybridized carbons (Fsp3) is 0.575. The summed E-state index contributed by atoms with van der Waals surface area (Å²) in [6.07, 6.45) is -5.20. The van der Waals surface area contributed by atoms with Crippen molar-refractivity contribution in [3.63, 3.8) is 0 Å². The second kappa shape index (κ2) is 18.5. The Hall–Kier alpha value is -4.97. The van der Waals surface area contributed by atoms with Crippen LogP contribution in [0.1, 0.15) is 49.3 Å². The molecule has 0 radical (unpaired) electrons. The molecule has 2 aromatic rings. The van der Waals surface area contributed by atoms with E-state index in [1.807, 2.05) is 31.2 Å². The molecule has 3 N–H and O–H groups in total. The summed E-state index contributed by atoms with van der Waals surface area (Å²) in [7, 11) is 3.16. The van der Waals surface area contributed by atoms with E-state index >= 15 is 0 Å². The Morgan fingerprint density at radius 2 is 1.58 bits per heavy atom. The molecule has 4 aliphatic heterocycles. The Kier molecular flexibility index (Phi) is 13.7. The Bertz CT molecular complexity index is 1890. The van der Waals surface area contributed by atoms with Crippen LogP contribution in [-0.2, 0) is 38.1 Å². The van der Waals surface area contributed by atoms with Crippen molar-refractivity contribution in [3.05, 3.63) is 58.1 Å². The lowest BCUT2D eigenvalue weighted by atomic mass is 9.98. The van der Waals surface area contributed by atoms with Crippen molar-refractivity contribution in [2.75, 3.05) is 84.1 Å². The fourth-order valence-corrected chi connectivity index (χ4v) is 8.60. The molecule has 1 unspecified atom stereocenters. The van der Waals surface area contributed by atoms with Gasteiger partial charge in [-0.2, -0.15) is 13.2 Å². The minimum absolute atomic E-state index is 0.0285. The normalized spacial score (nSPS) is 20.3. The molecular formula is C40H52ClF3N8O7. The molecule has 2 atom stereocenters. The number of carbonyl (C=O) groups is 5. The van der Waals surface area contributed by atoms with Crippen LogP contribution < -0.4 is 11.1 Å². The van der Waals surface area contributed by atoms with E-state index in [1.165, 1.54) is 15.9 Å². The first kappa shape index (κ1) is 43.6. The van der Waals surface area contributed by atoms with Crippen LogP contribution in [0.25, 0.3) is 0 Å². The number of nitrogens with two attached hydrogens (primary N) is 1. The standard InChI is InChI=1S/C40H52ClF3N8O7/c1-25-23-50(38(56)58-24-34(53)47(2)3)18-19-51(25)28-9-13-48(14-10-28)36(54)33(22-26-20-30(40(42,43)44)35(45)31(41)21-26)59-39(57)49-15-11-29(12-16-49)52-17-8-27-6-4-5-7-32(27)46-37(52)55/h4-7,20-21,25,28-29,33H,8-19,22-24,45H2,1-3H3,(H,46,55)/t25?,33-/m1/s1. The quantitative estimate of drug-likeness (QED) is 0.357. The molecule has 15 nitrogen and oxygen atoms in total. The molecule has 6 amide bonds. The first-order valence-corrected chi connectivity index (χ1v) is 20.3. The molecule has 0 saturated carbocycles. The lowest BCUT2D eigenvalue weighted by molar-refractivity contribution is -0.142. The number of carbonyl (C=O) groups excluding carboxylic acids is 5. The number of hydrogen-bond acceptors (Lipinski definition) is 9. The lowest BCUT2D eigenvalue weighted by Crippen LogP contribution is -2.59. The van der Waals surface area contributed by atoms with E-state index in [9.17, 15) is 37.1 Å². The number of likely N-dealkylation sites (tertiary alicyclic amines) is 2. The maximum atomic E-state index is 14.2. The van der Waals surface area contributed by atoms with Gasteiger partial charge in [0.2, 0.25) is 0 Å². The molecule has 3 saturated heterocycles. The molecule has 0 bridgehead atoms.